The van der Waals surface area contributed by atoms with Crippen LogP contribution < -0.4 is 5.32 Å². The summed E-state index contributed by atoms with van der Waals surface area (Å²) in [5, 5.41) is 15.9. The van der Waals surface area contributed by atoms with Crippen molar-refractivity contribution < 1.29 is 9.90 Å². The minimum atomic E-state index is -1.14. The Balaban J connectivity index is 1.61. The number of aromatic carboxylic acids is 1. The third kappa shape index (κ3) is 4.10. The molecule has 2 aliphatic rings. The van der Waals surface area contributed by atoms with Crippen molar-refractivity contribution in [3.63, 3.8) is 0 Å². The maximum Gasteiger partial charge on any atom is 0.374 e. The molecule has 0 amide bonds. The van der Waals surface area contributed by atoms with Crippen LogP contribution in [0.4, 0.5) is 5.82 Å². The number of hydrogen-bond acceptors (Lipinski definition) is 7. The van der Waals surface area contributed by atoms with Crippen LogP contribution in [0.1, 0.15) is 69.4 Å². The molecule has 0 aromatic carbocycles. The van der Waals surface area contributed by atoms with E-state index in [1.807, 2.05) is 5.38 Å². The second-order valence-corrected chi connectivity index (χ2v) is 10.4. The quantitative estimate of drug-likeness (QED) is 0.513. The highest BCUT2D eigenvalue weighted by Crippen LogP contribution is 2.36. The lowest BCUT2D eigenvalue weighted by Gasteiger charge is -2.32. The number of carboxylic acids is 1. The maximum absolute atomic E-state index is 11.8. The van der Waals surface area contributed by atoms with Crippen molar-refractivity contribution in [2.75, 3.05) is 5.32 Å². The summed E-state index contributed by atoms with van der Waals surface area (Å²) in [4.78, 5) is 29.8. The van der Waals surface area contributed by atoms with Gasteiger partial charge in [0.15, 0.2) is 22.3 Å². The van der Waals surface area contributed by atoms with Crippen LogP contribution in [0.25, 0.3) is 22.0 Å². The van der Waals surface area contributed by atoms with Gasteiger partial charge in [0.05, 0.1) is 0 Å². The van der Waals surface area contributed by atoms with Gasteiger partial charge >= 0.3 is 5.97 Å². The van der Waals surface area contributed by atoms with Gasteiger partial charge in [-0.15, -0.1) is 11.3 Å². The van der Waals surface area contributed by atoms with Crippen LogP contribution in [0.15, 0.2) is 11.6 Å². The number of hydrogen-bond donors (Lipinski definition) is 2. The van der Waals surface area contributed by atoms with Crippen LogP contribution in [0.2, 0.25) is 0 Å². The van der Waals surface area contributed by atoms with Gasteiger partial charge in [0, 0.05) is 24.2 Å². The summed E-state index contributed by atoms with van der Waals surface area (Å²) in [6, 6.07) is 0.214. The fraction of sp³-hybridized carbons (Fsp3) is 0.609. The van der Waals surface area contributed by atoms with E-state index in [0.717, 1.165) is 28.8 Å². The topological polar surface area (TPSA) is 106 Å². The second-order valence-electron chi connectivity index (χ2n) is 9.51. The minimum absolute atomic E-state index is 0.214. The fourth-order valence-electron chi connectivity index (χ4n) is 4.95. The summed E-state index contributed by atoms with van der Waals surface area (Å²) >= 11 is 1.54. The van der Waals surface area contributed by atoms with Crippen molar-refractivity contribution in [2.45, 2.75) is 71.4 Å². The molecule has 3 aromatic heterocycles. The molecule has 0 bridgehead atoms. The summed E-state index contributed by atoms with van der Waals surface area (Å²) in [5.74, 6) is 1.89. The van der Waals surface area contributed by atoms with E-state index in [2.05, 4.69) is 38.7 Å². The Bertz CT molecular complexity index is 1100. The van der Waals surface area contributed by atoms with Crippen molar-refractivity contribution in [1.82, 2.24) is 24.5 Å². The van der Waals surface area contributed by atoms with Crippen molar-refractivity contribution in [3.05, 3.63) is 17.4 Å². The predicted molar refractivity (Wildman–Crippen MR) is 125 cm³/mol. The van der Waals surface area contributed by atoms with E-state index in [9.17, 15) is 9.90 Å². The van der Waals surface area contributed by atoms with Crippen LogP contribution in [0.3, 0.4) is 0 Å². The molecule has 0 unspecified atom stereocenters. The van der Waals surface area contributed by atoms with Crippen molar-refractivity contribution in [2.24, 2.45) is 17.8 Å². The van der Waals surface area contributed by atoms with Gasteiger partial charge in [-0.1, -0.05) is 26.2 Å². The standard InChI is InChI=1S/C23H30N6O2S/c1-13-6-8-15(9-7-13)12-29-17-18(25-14(2)16-4-3-5-16)26-20(23(30)31)27-19(17)28-21(29)22-24-10-11-32-22/h10-11,13-16H,3-9,12H2,1-2H3,(H,30,31)(H,25,26,27)/t13?,14-,15?/m1/s1. The first-order chi connectivity index (χ1) is 15.5. The van der Waals surface area contributed by atoms with Gasteiger partial charge in [-0.25, -0.2) is 24.7 Å². The molecule has 0 aliphatic heterocycles. The summed E-state index contributed by atoms with van der Waals surface area (Å²) < 4.78 is 2.19. The van der Waals surface area contributed by atoms with Gasteiger partial charge in [0.2, 0.25) is 5.82 Å². The highest BCUT2D eigenvalue weighted by Gasteiger charge is 2.29. The predicted octanol–water partition coefficient (Wildman–Crippen LogP) is 5.07. The number of aromatic nitrogens is 5. The van der Waals surface area contributed by atoms with Crippen molar-refractivity contribution in [1.29, 1.82) is 0 Å². The molecular formula is C23H30N6O2S. The van der Waals surface area contributed by atoms with Gasteiger partial charge in [-0.05, 0) is 50.4 Å². The first-order valence-corrected chi connectivity index (χ1v) is 12.6. The lowest BCUT2D eigenvalue weighted by molar-refractivity contribution is 0.0684. The van der Waals surface area contributed by atoms with Crippen LogP contribution in [0, 0.1) is 17.8 Å². The molecule has 2 aliphatic carbocycles. The SMILES string of the molecule is CC1CCC(Cn2c(-c3nccs3)nc3nc(C(=O)O)nc(N[C@H](C)C4CCC4)c32)CC1. The zero-order valence-corrected chi connectivity index (χ0v) is 19.4. The Morgan fingerprint density at radius 1 is 1.22 bits per heavy atom. The number of rotatable bonds is 7. The number of imidazole rings is 1. The average molecular weight is 455 g/mol. The van der Waals surface area contributed by atoms with E-state index in [0.29, 0.717) is 23.3 Å². The summed E-state index contributed by atoms with van der Waals surface area (Å²) in [6.07, 6.45) is 10.3. The number of carboxylic acid groups (broad SMARTS) is 1. The number of fused-ring (bicyclic) bond motifs is 1. The van der Waals surface area contributed by atoms with Gasteiger partial charge in [0.25, 0.3) is 0 Å². The molecular weight excluding hydrogens is 424 g/mol. The van der Waals surface area contributed by atoms with E-state index in [4.69, 9.17) is 4.98 Å². The highest BCUT2D eigenvalue weighted by atomic mass is 32.1. The zero-order valence-electron chi connectivity index (χ0n) is 18.6. The monoisotopic (exact) mass is 454 g/mol. The highest BCUT2D eigenvalue weighted by molar-refractivity contribution is 7.13. The van der Waals surface area contributed by atoms with E-state index in [-0.39, 0.29) is 11.9 Å². The van der Waals surface area contributed by atoms with Crippen LogP contribution in [0.5, 0.6) is 0 Å². The molecule has 3 aromatic rings. The molecule has 1 atom stereocenters. The molecule has 9 heteroatoms. The third-order valence-corrected chi connectivity index (χ3v) is 7.98. The third-order valence-electron chi connectivity index (χ3n) is 7.22. The van der Waals surface area contributed by atoms with E-state index in [1.165, 1.54) is 56.3 Å². The van der Waals surface area contributed by atoms with Crippen molar-refractivity contribution >= 4 is 34.3 Å². The second kappa shape index (κ2) is 8.77. The fourth-order valence-corrected chi connectivity index (χ4v) is 5.58. The number of nitrogens with zero attached hydrogens (tertiary/aromatic N) is 5. The molecule has 5 rings (SSSR count). The van der Waals surface area contributed by atoms with E-state index < -0.39 is 5.97 Å². The Labute approximate surface area is 191 Å². The minimum Gasteiger partial charge on any atom is -0.475 e. The molecule has 32 heavy (non-hydrogen) atoms. The first-order valence-electron chi connectivity index (χ1n) is 11.7. The summed E-state index contributed by atoms with van der Waals surface area (Å²) in [7, 11) is 0. The smallest absolute Gasteiger partial charge is 0.374 e. The molecule has 3 heterocycles. The molecule has 2 N–H and O–H groups in total. The zero-order chi connectivity index (χ0) is 22.2. The van der Waals surface area contributed by atoms with E-state index in [1.54, 1.807) is 6.20 Å². The van der Waals surface area contributed by atoms with Gasteiger partial charge in [-0.2, -0.15) is 0 Å². The molecule has 2 saturated carbocycles. The van der Waals surface area contributed by atoms with Gasteiger partial charge in [-0.3, -0.25) is 0 Å². The summed E-state index contributed by atoms with van der Waals surface area (Å²) in [6.45, 7) is 5.30. The lowest BCUT2D eigenvalue weighted by atomic mass is 9.80. The number of thiazole rings is 1. The molecule has 0 radical (unpaired) electrons. The van der Waals surface area contributed by atoms with E-state index >= 15 is 0 Å². The van der Waals surface area contributed by atoms with Gasteiger partial charge < -0.3 is 15.0 Å². The first kappa shape index (κ1) is 21.3. The lowest BCUT2D eigenvalue weighted by Crippen LogP contribution is -2.31. The summed E-state index contributed by atoms with van der Waals surface area (Å²) in [5.41, 5.74) is 1.22. The molecule has 8 nitrogen and oxygen atoms in total. The number of anilines is 1. The number of nitrogens with one attached hydrogen (secondary N) is 1. The van der Waals surface area contributed by atoms with Crippen molar-refractivity contribution in [3.8, 4) is 10.8 Å². The Hall–Kier alpha value is -2.55. The number of carbonyl (C=O) groups is 1. The molecule has 0 spiro atoms. The Morgan fingerprint density at radius 3 is 2.62 bits per heavy atom. The van der Waals surface area contributed by atoms with Crippen LogP contribution in [-0.2, 0) is 6.54 Å². The Kier molecular flexibility index (Phi) is 5.84. The van der Waals surface area contributed by atoms with Crippen LogP contribution in [-0.4, -0.2) is 41.6 Å². The molecule has 2 fully saturated rings. The van der Waals surface area contributed by atoms with Gasteiger partial charge in [0.1, 0.15) is 5.52 Å². The molecule has 170 valence electrons. The normalized spacial score (nSPS) is 22.6. The molecule has 0 saturated heterocycles. The average Bonchev–Trinajstić information content (AvgIpc) is 3.36. The maximum atomic E-state index is 11.8. The van der Waals surface area contributed by atoms with Crippen LogP contribution >= 0.6 is 11.3 Å². The Morgan fingerprint density at radius 2 is 2.00 bits per heavy atom. The largest absolute Gasteiger partial charge is 0.475 e.